The third-order valence-corrected chi connectivity index (χ3v) is 3.75. The van der Waals surface area contributed by atoms with Crippen LogP contribution in [0, 0.1) is 6.92 Å². The molecule has 4 nitrogen and oxygen atoms in total. The lowest BCUT2D eigenvalue weighted by molar-refractivity contribution is 0.123. The van der Waals surface area contributed by atoms with Crippen molar-refractivity contribution in [3.05, 3.63) is 5.82 Å². The van der Waals surface area contributed by atoms with Gasteiger partial charge >= 0.3 is 0 Å². The van der Waals surface area contributed by atoms with Crippen molar-refractivity contribution >= 4 is 16.7 Å². The summed E-state index contributed by atoms with van der Waals surface area (Å²) in [6.45, 7) is 6.69. The lowest BCUT2D eigenvalue weighted by Gasteiger charge is -2.34. The molecule has 16 heavy (non-hydrogen) atoms. The number of piperidine rings is 1. The third kappa shape index (κ3) is 2.71. The maximum atomic E-state index is 5.55. The SMILES string of the molecule is CCOC[C@@H]1CCCCN1c1nc(C)ns1. The second-order valence-electron chi connectivity index (χ2n) is 4.13. The van der Waals surface area contributed by atoms with E-state index < -0.39 is 0 Å². The van der Waals surface area contributed by atoms with Gasteiger partial charge in [0, 0.05) is 24.7 Å². The van der Waals surface area contributed by atoms with Crippen molar-refractivity contribution in [2.75, 3.05) is 24.7 Å². The Balaban J connectivity index is 2.04. The molecule has 0 aromatic carbocycles. The van der Waals surface area contributed by atoms with Gasteiger partial charge < -0.3 is 9.64 Å². The van der Waals surface area contributed by atoms with Crippen molar-refractivity contribution in [2.24, 2.45) is 0 Å². The standard InChI is InChI=1S/C11H19N3OS/c1-3-15-8-10-6-4-5-7-14(10)11-12-9(2)13-16-11/h10H,3-8H2,1-2H3/t10-/m0/s1. The number of hydrogen-bond donors (Lipinski definition) is 0. The quantitative estimate of drug-likeness (QED) is 0.810. The summed E-state index contributed by atoms with van der Waals surface area (Å²) in [6.07, 6.45) is 3.76. The molecule has 1 fully saturated rings. The Morgan fingerprint density at radius 3 is 3.06 bits per heavy atom. The van der Waals surface area contributed by atoms with Gasteiger partial charge in [-0.15, -0.1) is 0 Å². The number of anilines is 1. The van der Waals surface area contributed by atoms with Crippen LogP contribution in [-0.2, 0) is 4.74 Å². The van der Waals surface area contributed by atoms with Crippen LogP contribution in [-0.4, -0.2) is 35.2 Å². The topological polar surface area (TPSA) is 38.2 Å². The molecule has 1 atom stereocenters. The summed E-state index contributed by atoms with van der Waals surface area (Å²) in [7, 11) is 0. The Labute approximate surface area is 101 Å². The molecule has 2 heterocycles. The lowest BCUT2D eigenvalue weighted by atomic mass is 10.0. The maximum absolute atomic E-state index is 5.55. The lowest BCUT2D eigenvalue weighted by Crippen LogP contribution is -2.42. The normalized spacial score (nSPS) is 21.4. The zero-order chi connectivity index (χ0) is 11.4. The molecule has 1 saturated heterocycles. The van der Waals surface area contributed by atoms with Gasteiger partial charge in [0.25, 0.3) is 0 Å². The van der Waals surface area contributed by atoms with E-state index in [0.29, 0.717) is 6.04 Å². The van der Waals surface area contributed by atoms with Gasteiger partial charge in [0.2, 0.25) is 5.13 Å². The molecule has 0 radical (unpaired) electrons. The van der Waals surface area contributed by atoms with Gasteiger partial charge in [-0.2, -0.15) is 4.37 Å². The predicted octanol–water partition coefficient (Wildman–Crippen LogP) is 2.24. The Hall–Kier alpha value is -0.680. The fourth-order valence-electron chi connectivity index (χ4n) is 2.08. The molecule has 0 saturated carbocycles. The van der Waals surface area contributed by atoms with E-state index in [4.69, 9.17) is 4.74 Å². The van der Waals surface area contributed by atoms with Crippen LogP contribution < -0.4 is 4.90 Å². The van der Waals surface area contributed by atoms with Gasteiger partial charge in [0.15, 0.2) is 0 Å². The molecule has 1 aliphatic heterocycles. The summed E-state index contributed by atoms with van der Waals surface area (Å²) >= 11 is 1.50. The van der Waals surface area contributed by atoms with E-state index in [1.165, 1.54) is 30.8 Å². The van der Waals surface area contributed by atoms with Gasteiger partial charge in [0.05, 0.1) is 12.6 Å². The highest BCUT2D eigenvalue weighted by molar-refractivity contribution is 7.09. The first kappa shape index (κ1) is 11.8. The van der Waals surface area contributed by atoms with Crippen LogP contribution in [0.25, 0.3) is 0 Å². The minimum atomic E-state index is 0.487. The zero-order valence-corrected chi connectivity index (χ0v) is 10.8. The van der Waals surface area contributed by atoms with Crippen molar-refractivity contribution in [3.8, 4) is 0 Å². The average molecular weight is 241 g/mol. The Morgan fingerprint density at radius 1 is 1.50 bits per heavy atom. The molecule has 90 valence electrons. The maximum Gasteiger partial charge on any atom is 0.205 e. The van der Waals surface area contributed by atoms with Gasteiger partial charge in [-0.1, -0.05) is 0 Å². The van der Waals surface area contributed by atoms with E-state index in [-0.39, 0.29) is 0 Å². The molecule has 1 aromatic rings. The summed E-state index contributed by atoms with van der Waals surface area (Å²) in [5.41, 5.74) is 0. The summed E-state index contributed by atoms with van der Waals surface area (Å²) in [4.78, 5) is 6.84. The summed E-state index contributed by atoms with van der Waals surface area (Å²) in [5, 5.41) is 1.06. The number of nitrogens with zero attached hydrogens (tertiary/aromatic N) is 3. The van der Waals surface area contributed by atoms with E-state index in [1.54, 1.807) is 0 Å². The van der Waals surface area contributed by atoms with E-state index in [1.807, 2.05) is 13.8 Å². The number of hydrogen-bond acceptors (Lipinski definition) is 5. The number of aromatic nitrogens is 2. The highest BCUT2D eigenvalue weighted by Crippen LogP contribution is 2.26. The molecule has 5 heteroatoms. The Morgan fingerprint density at radius 2 is 2.38 bits per heavy atom. The fraction of sp³-hybridized carbons (Fsp3) is 0.818. The molecule has 1 aromatic heterocycles. The highest BCUT2D eigenvalue weighted by atomic mass is 32.1. The molecule has 0 amide bonds. The largest absolute Gasteiger partial charge is 0.380 e. The smallest absolute Gasteiger partial charge is 0.205 e. The van der Waals surface area contributed by atoms with Crippen LogP contribution in [0.3, 0.4) is 0 Å². The number of ether oxygens (including phenoxy) is 1. The van der Waals surface area contributed by atoms with Crippen molar-refractivity contribution in [2.45, 2.75) is 39.2 Å². The summed E-state index contributed by atoms with van der Waals surface area (Å²) in [6, 6.07) is 0.487. The Kier molecular flexibility index (Phi) is 4.12. The van der Waals surface area contributed by atoms with Crippen LogP contribution in [0.1, 0.15) is 32.0 Å². The van der Waals surface area contributed by atoms with Crippen LogP contribution in [0.5, 0.6) is 0 Å². The molecule has 0 N–H and O–H groups in total. The molecule has 0 aliphatic carbocycles. The predicted molar refractivity (Wildman–Crippen MR) is 66.1 cm³/mol. The van der Waals surface area contributed by atoms with Crippen molar-refractivity contribution < 1.29 is 4.74 Å². The second-order valence-corrected chi connectivity index (χ2v) is 4.86. The monoisotopic (exact) mass is 241 g/mol. The highest BCUT2D eigenvalue weighted by Gasteiger charge is 2.24. The van der Waals surface area contributed by atoms with Crippen LogP contribution in [0.15, 0.2) is 0 Å². The van der Waals surface area contributed by atoms with Gasteiger partial charge in [-0.25, -0.2) is 4.98 Å². The molecule has 0 unspecified atom stereocenters. The third-order valence-electron chi connectivity index (χ3n) is 2.90. The second kappa shape index (κ2) is 5.59. The molecular formula is C11H19N3OS. The molecule has 1 aliphatic rings. The van der Waals surface area contributed by atoms with Crippen molar-refractivity contribution in [1.82, 2.24) is 9.36 Å². The van der Waals surface area contributed by atoms with Crippen molar-refractivity contribution in [3.63, 3.8) is 0 Å². The molecular weight excluding hydrogens is 222 g/mol. The average Bonchev–Trinajstić information content (AvgIpc) is 2.73. The van der Waals surface area contributed by atoms with Crippen LogP contribution in [0.2, 0.25) is 0 Å². The van der Waals surface area contributed by atoms with Crippen LogP contribution >= 0.6 is 11.5 Å². The first-order chi connectivity index (χ1) is 7.81. The summed E-state index contributed by atoms with van der Waals surface area (Å²) in [5.74, 6) is 0.876. The Bertz CT molecular complexity index is 329. The van der Waals surface area contributed by atoms with Gasteiger partial charge in [0.1, 0.15) is 5.82 Å². The van der Waals surface area contributed by atoms with E-state index >= 15 is 0 Å². The number of aryl methyl sites for hydroxylation is 1. The van der Waals surface area contributed by atoms with Gasteiger partial charge in [-0.05, 0) is 33.1 Å². The minimum Gasteiger partial charge on any atom is -0.380 e. The van der Waals surface area contributed by atoms with E-state index in [9.17, 15) is 0 Å². The zero-order valence-electron chi connectivity index (χ0n) is 9.98. The summed E-state index contributed by atoms with van der Waals surface area (Å²) < 4.78 is 9.80. The molecule has 0 bridgehead atoms. The molecule has 2 rings (SSSR count). The van der Waals surface area contributed by atoms with Crippen LogP contribution in [0.4, 0.5) is 5.13 Å². The molecule has 0 spiro atoms. The fourth-order valence-corrected chi connectivity index (χ4v) is 2.86. The van der Waals surface area contributed by atoms with E-state index in [0.717, 1.165) is 30.7 Å². The first-order valence-electron chi connectivity index (χ1n) is 5.96. The van der Waals surface area contributed by atoms with E-state index in [2.05, 4.69) is 14.3 Å². The van der Waals surface area contributed by atoms with Crippen molar-refractivity contribution in [1.29, 1.82) is 0 Å². The van der Waals surface area contributed by atoms with Gasteiger partial charge in [-0.3, -0.25) is 0 Å². The first-order valence-corrected chi connectivity index (χ1v) is 6.73. The number of rotatable bonds is 4. The minimum absolute atomic E-state index is 0.487.